The molecule has 0 heterocycles. The maximum absolute atomic E-state index is 16.2. The maximum atomic E-state index is 16.2. The Morgan fingerprint density at radius 3 is 0.794 bits per heavy atom. The van der Waals surface area contributed by atoms with Crippen LogP contribution in [-0.2, 0) is 11.3 Å². The van der Waals surface area contributed by atoms with Gasteiger partial charge in [0.05, 0.1) is 11.1 Å². The van der Waals surface area contributed by atoms with Crippen molar-refractivity contribution in [1.82, 2.24) is 0 Å². The summed E-state index contributed by atoms with van der Waals surface area (Å²) in [6, 6.07) is -1.13. The molecule has 4 rings (SSSR count). The summed E-state index contributed by atoms with van der Waals surface area (Å²) in [6.07, 6.45) is 0. The van der Waals surface area contributed by atoms with Gasteiger partial charge in [-0.25, -0.2) is 61.5 Å². The number of rotatable bonds is 2. The third-order valence-corrected chi connectivity index (χ3v) is 5.34. The molecule has 0 saturated carbocycles. The first-order valence-electron chi connectivity index (χ1n) is 8.55. The molecule has 180 valence electrons. The van der Waals surface area contributed by atoms with E-state index in [9.17, 15) is 52.7 Å². The van der Waals surface area contributed by atoms with Crippen molar-refractivity contribution in [3.05, 3.63) is 104 Å². The van der Waals surface area contributed by atoms with Gasteiger partial charge in [0, 0.05) is 23.3 Å². The zero-order valence-corrected chi connectivity index (χ0v) is 15.4. The molecular formula is C20H2F14. The monoisotopic (exact) mass is 508 g/mol. The molecule has 0 amide bonds. The van der Waals surface area contributed by atoms with Gasteiger partial charge in [-0.2, -0.15) is 0 Å². The van der Waals surface area contributed by atoms with Gasteiger partial charge in [-0.05, 0) is 0 Å². The first kappa shape index (κ1) is 23.8. The Kier molecular flexibility index (Phi) is 4.97. The second kappa shape index (κ2) is 7.09. The number of fused-ring (bicyclic) bond motifs is 1. The van der Waals surface area contributed by atoms with Crippen LogP contribution in [0.25, 0.3) is 0 Å². The third kappa shape index (κ3) is 2.50. The van der Waals surface area contributed by atoms with Crippen LogP contribution in [0.15, 0.2) is 12.1 Å². The summed E-state index contributed by atoms with van der Waals surface area (Å²) >= 11 is 0. The molecule has 0 aromatic heterocycles. The minimum absolute atomic E-state index is 0.567. The van der Waals surface area contributed by atoms with Crippen LogP contribution in [-0.4, -0.2) is 0 Å². The van der Waals surface area contributed by atoms with Crippen molar-refractivity contribution >= 4 is 0 Å². The summed E-state index contributed by atoms with van der Waals surface area (Å²) in [7, 11) is 0. The van der Waals surface area contributed by atoms with Crippen LogP contribution in [0.3, 0.4) is 0 Å². The lowest BCUT2D eigenvalue weighted by atomic mass is 9.56. The molecule has 2 atom stereocenters. The van der Waals surface area contributed by atoms with Gasteiger partial charge in [-0.3, -0.25) is 0 Å². The highest BCUT2D eigenvalue weighted by atomic mass is 19.2. The van der Waals surface area contributed by atoms with Gasteiger partial charge in [0.25, 0.3) is 0 Å². The molecule has 1 aliphatic carbocycles. The number of alkyl halides is 2. The maximum Gasteiger partial charge on any atom is 0.212 e. The molecule has 0 aliphatic heterocycles. The molecule has 0 N–H and O–H groups in total. The van der Waals surface area contributed by atoms with Crippen LogP contribution in [0.2, 0.25) is 0 Å². The van der Waals surface area contributed by atoms with E-state index in [0.717, 1.165) is 0 Å². The van der Waals surface area contributed by atoms with Crippen molar-refractivity contribution in [2.45, 2.75) is 11.3 Å². The molecule has 0 saturated heterocycles. The molecule has 0 fully saturated rings. The summed E-state index contributed by atoms with van der Waals surface area (Å²) in [6.45, 7) is 0. The predicted octanol–water partition coefficient (Wildman–Crippen LogP) is 6.80. The lowest BCUT2D eigenvalue weighted by Gasteiger charge is -2.50. The first-order chi connectivity index (χ1) is 15.6. The van der Waals surface area contributed by atoms with Gasteiger partial charge in [0.1, 0.15) is 0 Å². The minimum Gasteiger partial charge on any atom is -0.229 e. The van der Waals surface area contributed by atoms with Gasteiger partial charge in [0.2, 0.25) is 11.3 Å². The van der Waals surface area contributed by atoms with Crippen LogP contribution in [0, 0.1) is 69.8 Å². The van der Waals surface area contributed by atoms with E-state index < -0.39 is 116 Å². The normalized spacial score (nSPS) is 21.5. The average molecular weight is 508 g/mol. The van der Waals surface area contributed by atoms with E-state index in [1.807, 2.05) is 0 Å². The minimum atomic E-state index is -5.33. The van der Waals surface area contributed by atoms with Gasteiger partial charge in [-0.15, -0.1) is 0 Å². The zero-order valence-electron chi connectivity index (χ0n) is 15.4. The van der Waals surface area contributed by atoms with Crippen LogP contribution in [0.4, 0.5) is 61.5 Å². The van der Waals surface area contributed by atoms with Gasteiger partial charge in [-0.1, -0.05) is 0 Å². The summed E-state index contributed by atoms with van der Waals surface area (Å²) in [5, 5.41) is 0. The van der Waals surface area contributed by atoms with E-state index in [0.29, 0.717) is 0 Å². The first-order valence-corrected chi connectivity index (χ1v) is 8.55. The fraction of sp³-hybridized carbons (Fsp3) is 0.100. The standard InChI is InChI=1S/C20H2F14/c21-3-1-4(22)12(26)9(11(3)25)19(33)7-8(16(30)18(32)17(31)15(7)29)20(19,34)10-13(27)5(23)2-6(24)14(10)28/h1-2H. The highest BCUT2D eigenvalue weighted by Gasteiger charge is 2.75. The van der Waals surface area contributed by atoms with Crippen LogP contribution in [0.1, 0.15) is 22.3 Å². The van der Waals surface area contributed by atoms with E-state index in [4.69, 9.17) is 0 Å². The van der Waals surface area contributed by atoms with Crippen LogP contribution < -0.4 is 0 Å². The van der Waals surface area contributed by atoms with E-state index in [1.165, 1.54) is 0 Å². The number of halogens is 14. The average Bonchev–Trinajstić information content (AvgIpc) is 2.77. The predicted molar refractivity (Wildman–Crippen MR) is 82.6 cm³/mol. The molecule has 0 radical (unpaired) electrons. The highest BCUT2D eigenvalue weighted by molar-refractivity contribution is 5.65. The second-order valence-corrected chi connectivity index (χ2v) is 7.01. The van der Waals surface area contributed by atoms with Crippen molar-refractivity contribution in [3.8, 4) is 0 Å². The Morgan fingerprint density at radius 2 is 0.559 bits per heavy atom. The Bertz CT molecular complexity index is 1260. The smallest absolute Gasteiger partial charge is 0.212 e. The zero-order chi connectivity index (χ0) is 25.7. The second-order valence-electron chi connectivity index (χ2n) is 7.01. The summed E-state index contributed by atoms with van der Waals surface area (Å²) < 4.78 is 201. The van der Waals surface area contributed by atoms with Crippen LogP contribution >= 0.6 is 0 Å². The summed E-state index contributed by atoms with van der Waals surface area (Å²) in [4.78, 5) is 0. The summed E-state index contributed by atoms with van der Waals surface area (Å²) in [5.41, 5.74) is -21.4. The van der Waals surface area contributed by atoms with Crippen molar-refractivity contribution < 1.29 is 61.5 Å². The molecule has 3 aromatic carbocycles. The lowest BCUT2D eigenvalue weighted by Crippen LogP contribution is -2.58. The van der Waals surface area contributed by atoms with Crippen molar-refractivity contribution in [3.63, 3.8) is 0 Å². The molecule has 2 unspecified atom stereocenters. The van der Waals surface area contributed by atoms with Crippen LogP contribution in [0.5, 0.6) is 0 Å². The highest BCUT2D eigenvalue weighted by Crippen LogP contribution is 2.68. The third-order valence-electron chi connectivity index (χ3n) is 5.34. The molecule has 0 nitrogen and oxygen atoms in total. The number of hydrogen-bond acceptors (Lipinski definition) is 0. The Labute approximate surface area is 178 Å². The van der Waals surface area contributed by atoms with E-state index >= 15 is 8.78 Å². The SMILES string of the molecule is Fc1cc(F)c(F)c(C2(F)c3c(F)c(F)c(F)c(F)c3C2(F)c2c(F)c(F)cc(F)c2F)c1F. The molecule has 0 spiro atoms. The molecule has 0 bridgehead atoms. The van der Waals surface area contributed by atoms with E-state index in [2.05, 4.69) is 0 Å². The Hall–Kier alpha value is -3.32. The molecular weight excluding hydrogens is 506 g/mol. The molecule has 34 heavy (non-hydrogen) atoms. The van der Waals surface area contributed by atoms with E-state index in [1.54, 1.807) is 0 Å². The molecule has 1 aliphatic rings. The van der Waals surface area contributed by atoms with Crippen molar-refractivity contribution in [2.24, 2.45) is 0 Å². The number of hydrogen-bond donors (Lipinski definition) is 0. The quantitative estimate of drug-likeness (QED) is 0.203. The number of benzene rings is 3. The Morgan fingerprint density at radius 1 is 0.324 bits per heavy atom. The largest absolute Gasteiger partial charge is 0.229 e. The Balaban J connectivity index is 2.31. The van der Waals surface area contributed by atoms with E-state index in [-0.39, 0.29) is 0 Å². The fourth-order valence-electron chi connectivity index (χ4n) is 3.91. The van der Waals surface area contributed by atoms with Crippen molar-refractivity contribution in [2.75, 3.05) is 0 Å². The topological polar surface area (TPSA) is 0 Å². The fourth-order valence-corrected chi connectivity index (χ4v) is 3.91. The van der Waals surface area contributed by atoms with Gasteiger partial charge >= 0.3 is 0 Å². The molecule has 3 aromatic rings. The molecule has 14 heteroatoms. The van der Waals surface area contributed by atoms with Crippen molar-refractivity contribution in [1.29, 1.82) is 0 Å². The van der Waals surface area contributed by atoms with Gasteiger partial charge < -0.3 is 0 Å². The lowest BCUT2D eigenvalue weighted by molar-refractivity contribution is -0.0455. The summed E-state index contributed by atoms with van der Waals surface area (Å²) in [5.74, 6) is -33.2. The van der Waals surface area contributed by atoms with Gasteiger partial charge in [0.15, 0.2) is 69.8 Å².